The van der Waals surface area contributed by atoms with E-state index in [0.29, 0.717) is 5.13 Å². The predicted octanol–water partition coefficient (Wildman–Crippen LogP) is 3.56. The van der Waals surface area contributed by atoms with Crippen molar-refractivity contribution in [1.82, 2.24) is 4.98 Å². The van der Waals surface area contributed by atoms with Crippen LogP contribution in [0.4, 0.5) is 5.13 Å². The Morgan fingerprint density at radius 1 is 1.56 bits per heavy atom. The number of thioether (sulfide) groups is 1. The molecule has 0 saturated carbocycles. The monoisotopic (exact) mass is 278 g/mol. The van der Waals surface area contributed by atoms with Crippen molar-refractivity contribution in [3.63, 3.8) is 0 Å². The van der Waals surface area contributed by atoms with E-state index in [0.717, 1.165) is 28.0 Å². The van der Waals surface area contributed by atoms with Crippen LogP contribution in [0.3, 0.4) is 0 Å². The number of anilines is 1. The molecular weight excluding hydrogens is 264 g/mol. The van der Waals surface area contributed by atoms with Gasteiger partial charge in [0.2, 0.25) is 0 Å². The maximum absolute atomic E-state index is 10.7. The second-order valence-electron chi connectivity index (χ2n) is 3.81. The maximum Gasteiger partial charge on any atom is 0.185 e. The van der Waals surface area contributed by atoms with Crippen LogP contribution in [0.25, 0.3) is 16.3 Å². The quantitative estimate of drug-likeness (QED) is 0.869. The molecule has 2 rings (SSSR count). The second-order valence-corrected chi connectivity index (χ2v) is 6.14. The van der Waals surface area contributed by atoms with Crippen LogP contribution >= 0.6 is 23.1 Å². The number of allylic oxidation sites excluding steroid dienone is 1. The van der Waals surface area contributed by atoms with Crippen molar-refractivity contribution < 1.29 is 4.79 Å². The predicted molar refractivity (Wildman–Crippen MR) is 80.8 cm³/mol. The summed E-state index contributed by atoms with van der Waals surface area (Å²) in [6.45, 7) is 1.59. The SMILES string of the molecule is CC(=O)SCCC=Cc1ccc2sc(N)nc2c1. The smallest absolute Gasteiger partial charge is 0.185 e. The number of fused-ring (bicyclic) bond motifs is 1. The Balaban J connectivity index is 1.98. The molecule has 0 bridgehead atoms. The molecule has 2 N–H and O–H groups in total. The highest BCUT2D eigenvalue weighted by Crippen LogP contribution is 2.24. The molecule has 1 heterocycles. The minimum atomic E-state index is 0.169. The Hall–Kier alpha value is -1.33. The summed E-state index contributed by atoms with van der Waals surface area (Å²) in [5, 5.41) is 0.770. The molecule has 0 saturated heterocycles. The van der Waals surface area contributed by atoms with Crippen LogP contribution in [0.5, 0.6) is 0 Å². The van der Waals surface area contributed by atoms with Crippen LogP contribution in [-0.4, -0.2) is 15.9 Å². The van der Waals surface area contributed by atoms with Gasteiger partial charge in [-0.1, -0.05) is 41.3 Å². The second kappa shape index (κ2) is 6.02. The molecule has 0 spiro atoms. The number of nitrogens with zero attached hydrogens (tertiary/aromatic N) is 1. The highest BCUT2D eigenvalue weighted by atomic mass is 32.2. The first kappa shape index (κ1) is 13.1. The largest absolute Gasteiger partial charge is 0.375 e. The van der Waals surface area contributed by atoms with Gasteiger partial charge in [-0.15, -0.1) is 0 Å². The lowest BCUT2D eigenvalue weighted by Crippen LogP contribution is -1.83. The van der Waals surface area contributed by atoms with Gasteiger partial charge in [-0.2, -0.15) is 0 Å². The average molecular weight is 278 g/mol. The molecule has 1 aromatic carbocycles. The molecule has 0 aliphatic rings. The van der Waals surface area contributed by atoms with Crippen LogP contribution < -0.4 is 5.73 Å². The molecular formula is C13H14N2OS2. The van der Waals surface area contributed by atoms with E-state index in [1.807, 2.05) is 12.1 Å². The van der Waals surface area contributed by atoms with E-state index in [1.165, 1.54) is 23.1 Å². The molecule has 2 aromatic rings. The van der Waals surface area contributed by atoms with E-state index >= 15 is 0 Å². The van der Waals surface area contributed by atoms with Gasteiger partial charge in [0.05, 0.1) is 10.2 Å². The van der Waals surface area contributed by atoms with Crippen LogP contribution in [0.2, 0.25) is 0 Å². The zero-order valence-electron chi connectivity index (χ0n) is 10.1. The molecule has 0 aliphatic heterocycles. The standard InChI is InChI=1S/C13H14N2OS2/c1-9(16)17-7-3-2-4-10-5-6-12-11(8-10)15-13(14)18-12/h2,4-6,8H,3,7H2,1H3,(H2,14,15). The minimum absolute atomic E-state index is 0.169. The van der Waals surface area contributed by atoms with Crippen LogP contribution in [0.1, 0.15) is 18.9 Å². The number of hydrogen-bond donors (Lipinski definition) is 1. The van der Waals surface area contributed by atoms with Gasteiger partial charge in [-0.3, -0.25) is 4.79 Å². The summed E-state index contributed by atoms with van der Waals surface area (Å²) in [6, 6.07) is 6.11. The molecule has 18 heavy (non-hydrogen) atoms. The first-order chi connectivity index (χ1) is 8.65. The van der Waals surface area contributed by atoms with E-state index in [2.05, 4.69) is 23.2 Å². The number of thiazole rings is 1. The minimum Gasteiger partial charge on any atom is -0.375 e. The number of benzene rings is 1. The molecule has 0 unspecified atom stereocenters. The number of nitrogens with two attached hydrogens (primary N) is 1. The Morgan fingerprint density at radius 3 is 3.17 bits per heavy atom. The lowest BCUT2D eigenvalue weighted by molar-refractivity contribution is -0.109. The number of carbonyl (C=O) groups is 1. The lowest BCUT2D eigenvalue weighted by atomic mass is 10.2. The van der Waals surface area contributed by atoms with Crippen molar-refractivity contribution in [2.24, 2.45) is 0 Å². The molecule has 94 valence electrons. The highest BCUT2D eigenvalue weighted by molar-refractivity contribution is 8.13. The van der Waals surface area contributed by atoms with Crippen molar-refractivity contribution in [2.75, 3.05) is 11.5 Å². The Labute approximate surface area is 114 Å². The molecule has 0 fully saturated rings. The fourth-order valence-corrected chi connectivity index (χ4v) is 2.81. The maximum atomic E-state index is 10.7. The van der Waals surface area contributed by atoms with Gasteiger partial charge in [-0.05, 0) is 24.1 Å². The van der Waals surface area contributed by atoms with Crippen molar-refractivity contribution in [3.8, 4) is 0 Å². The zero-order chi connectivity index (χ0) is 13.0. The third-order valence-electron chi connectivity index (χ3n) is 2.33. The number of carbonyl (C=O) groups excluding carboxylic acids is 1. The first-order valence-corrected chi connectivity index (χ1v) is 7.41. The lowest BCUT2D eigenvalue weighted by Gasteiger charge is -1.94. The van der Waals surface area contributed by atoms with E-state index in [4.69, 9.17) is 5.73 Å². The van der Waals surface area contributed by atoms with Crippen molar-refractivity contribution in [3.05, 3.63) is 29.8 Å². The molecule has 3 nitrogen and oxygen atoms in total. The normalized spacial score (nSPS) is 11.4. The Morgan fingerprint density at radius 2 is 2.39 bits per heavy atom. The molecule has 0 amide bonds. The van der Waals surface area contributed by atoms with Crippen molar-refractivity contribution in [1.29, 1.82) is 0 Å². The average Bonchev–Trinajstić information content (AvgIpc) is 2.67. The highest BCUT2D eigenvalue weighted by Gasteiger charge is 2.00. The van der Waals surface area contributed by atoms with Gasteiger partial charge in [0.15, 0.2) is 10.2 Å². The van der Waals surface area contributed by atoms with Gasteiger partial charge in [0, 0.05) is 12.7 Å². The number of nitrogen functional groups attached to an aromatic ring is 1. The summed E-state index contributed by atoms with van der Waals surface area (Å²) < 4.78 is 1.11. The van der Waals surface area contributed by atoms with Crippen molar-refractivity contribution in [2.45, 2.75) is 13.3 Å². The van der Waals surface area contributed by atoms with Crippen LogP contribution in [0, 0.1) is 0 Å². The number of aromatic nitrogens is 1. The first-order valence-electron chi connectivity index (χ1n) is 5.61. The van der Waals surface area contributed by atoms with E-state index < -0.39 is 0 Å². The Bertz CT molecular complexity index is 590. The summed E-state index contributed by atoms with van der Waals surface area (Å²) in [5.74, 6) is 0.831. The van der Waals surface area contributed by atoms with Crippen molar-refractivity contribution >= 4 is 49.6 Å². The zero-order valence-corrected chi connectivity index (χ0v) is 11.7. The molecule has 0 radical (unpaired) electrons. The molecule has 5 heteroatoms. The molecule has 1 aromatic heterocycles. The topological polar surface area (TPSA) is 56.0 Å². The number of rotatable bonds is 4. The van der Waals surface area contributed by atoms with Gasteiger partial charge in [-0.25, -0.2) is 4.98 Å². The van der Waals surface area contributed by atoms with Crippen LogP contribution in [-0.2, 0) is 4.79 Å². The summed E-state index contributed by atoms with van der Waals surface area (Å²) in [6.07, 6.45) is 5.02. The van der Waals surface area contributed by atoms with E-state index in [-0.39, 0.29) is 5.12 Å². The van der Waals surface area contributed by atoms with Gasteiger partial charge in [0.1, 0.15) is 0 Å². The summed E-state index contributed by atoms with van der Waals surface area (Å²) in [7, 11) is 0. The van der Waals surface area contributed by atoms with E-state index in [1.54, 1.807) is 6.92 Å². The van der Waals surface area contributed by atoms with E-state index in [9.17, 15) is 4.79 Å². The number of hydrogen-bond acceptors (Lipinski definition) is 5. The summed E-state index contributed by atoms with van der Waals surface area (Å²) in [4.78, 5) is 15.0. The molecule has 0 aliphatic carbocycles. The Kier molecular flexibility index (Phi) is 4.38. The summed E-state index contributed by atoms with van der Waals surface area (Å²) >= 11 is 2.85. The van der Waals surface area contributed by atoms with Gasteiger partial charge >= 0.3 is 0 Å². The third-order valence-corrected chi connectivity index (χ3v) is 4.04. The van der Waals surface area contributed by atoms with Gasteiger partial charge < -0.3 is 5.73 Å². The molecule has 0 atom stereocenters. The van der Waals surface area contributed by atoms with Gasteiger partial charge in [0.25, 0.3) is 0 Å². The fourth-order valence-electron chi connectivity index (χ4n) is 1.56. The fraction of sp³-hybridized carbons (Fsp3) is 0.231. The van der Waals surface area contributed by atoms with Crippen LogP contribution in [0.15, 0.2) is 24.3 Å². The third kappa shape index (κ3) is 3.58. The summed E-state index contributed by atoms with van der Waals surface area (Å²) in [5.41, 5.74) is 7.72.